The minimum absolute atomic E-state index is 0.131. The number of anilines is 1. The number of hydrogen-bond acceptors (Lipinski definition) is 4. The Labute approximate surface area is 233 Å². The van der Waals surface area contributed by atoms with Crippen LogP contribution in [0.3, 0.4) is 0 Å². The zero-order valence-electron chi connectivity index (χ0n) is 20.6. The maximum absolute atomic E-state index is 13.0. The number of nitrogens with one attached hydrogen (secondary N) is 1. The van der Waals surface area contributed by atoms with Gasteiger partial charge in [-0.15, -0.1) is 0 Å². The summed E-state index contributed by atoms with van der Waals surface area (Å²) in [5.74, 6) is 0.373. The number of fused-ring (bicyclic) bond motifs is 1. The molecule has 9 heteroatoms. The van der Waals surface area contributed by atoms with E-state index in [1.807, 2.05) is 66.7 Å². The molecule has 0 spiro atoms. The summed E-state index contributed by atoms with van der Waals surface area (Å²) in [7, 11) is 1.48. The summed E-state index contributed by atoms with van der Waals surface area (Å²) in [6.45, 7) is 0.259. The predicted octanol–water partition coefficient (Wildman–Crippen LogP) is 8.76. The highest BCUT2D eigenvalue weighted by Gasteiger charge is 2.30. The lowest BCUT2D eigenvalue weighted by Gasteiger charge is -2.20. The van der Waals surface area contributed by atoms with Crippen molar-refractivity contribution in [3.63, 3.8) is 0 Å². The summed E-state index contributed by atoms with van der Waals surface area (Å²) in [5.41, 5.74) is 3.69. The lowest BCUT2D eigenvalue weighted by Crippen LogP contribution is -2.08. The van der Waals surface area contributed by atoms with Crippen molar-refractivity contribution in [1.82, 2.24) is 9.97 Å². The number of hydrogen-bond donors (Lipinski definition) is 1. The second kappa shape index (κ2) is 11.1. The zero-order chi connectivity index (χ0) is 27.6. The first kappa shape index (κ1) is 26.8. The summed E-state index contributed by atoms with van der Waals surface area (Å²) in [6.07, 6.45) is -4.39. The Morgan fingerprint density at radius 3 is 1.87 bits per heavy atom. The van der Waals surface area contributed by atoms with Crippen LogP contribution in [0.25, 0.3) is 10.9 Å². The maximum atomic E-state index is 13.0. The minimum Gasteiger partial charge on any atom is -0.467 e. The molecule has 0 aliphatic heterocycles. The van der Waals surface area contributed by atoms with Gasteiger partial charge in [0.2, 0.25) is 0 Å². The molecule has 0 saturated carbocycles. The molecule has 0 radical (unpaired) electrons. The Kier molecular flexibility index (Phi) is 7.64. The fraction of sp³-hybridized carbons (Fsp3) is 0.133. The van der Waals surface area contributed by atoms with Crippen LogP contribution in [0.15, 0.2) is 91.0 Å². The van der Waals surface area contributed by atoms with E-state index in [0.29, 0.717) is 26.9 Å². The molecular formula is C30H22Cl2F3N3O. The van der Waals surface area contributed by atoms with E-state index < -0.39 is 11.7 Å². The summed E-state index contributed by atoms with van der Waals surface area (Å²) >= 11 is 12.3. The average molecular weight is 568 g/mol. The van der Waals surface area contributed by atoms with Crippen LogP contribution in [0.4, 0.5) is 19.0 Å². The first-order valence-corrected chi connectivity index (χ1v) is 12.7. The van der Waals surface area contributed by atoms with Crippen molar-refractivity contribution in [1.29, 1.82) is 0 Å². The van der Waals surface area contributed by atoms with Crippen LogP contribution in [0.1, 0.15) is 33.7 Å². The van der Waals surface area contributed by atoms with Crippen LogP contribution < -0.4 is 10.1 Å². The van der Waals surface area contributed by atoms with Crippen molar-refractivity contribution in [3.8, 4) is 6.01 Å². The van der Waals surface area contributed by atoms with Crippen molar-refractivity contribution < 1.29 is 17.9 Å². The SMILES string of the molecule is COc1nc(NCc2ccc(C(F)(F)F)cc2)c2cc(C(c3ccc(Cl)cc3)c3ccc(Cl)cc3)ccc2n1. The molecule has 0 fully saturated rings. The van der Waals surface area contributed by atoms with Gasteiger partial charge in [-0.25, -0.2) is 0 Å². The lowest BCUT2D eigenvalue weighted by molar-refractivity contribution is -0.137. The number of benzene rings is 4. The molecule has 198 valence electrons. The first-order chi connectivity index (χ1) is 18.7. The summed E-state index contributed by atoms with van der Waals surface area (Å²) < 4.78 is 44.2. The fourth-order valence-corrected chi connectivity index (χ4v) is 4.67. The zero-order valence-corrected chi connectivity index (χ0v) is 22.1. The Hall–Kier alpha value is -3.81. The van der Waals surface area contributed by atoms with E-state index in [0.717, 1.165) is 34.2 Å². The van der Waals surface area contributed by atoms with Gasteiger partial charge in [0.25, 0.3) is 0 Å². The topological polar surface area (TPSA) is 47.0 Å². The van der Waals surface area contributed by atoms with Crippen LogP contribution in [-0.4, -0.2) is 17.1 Å². The van der Waals surface area contributed by atoms with E-state index in [-0.39, 0.29) is 18.5 Å². The highest BCUT2D eigenvalue weighted by molar-refractivity contribution is 6.30. The van der Waals surface area contributed by atoms with Gasteiger partial charge >= 0.3 is 12.2 Å². The third kappa shape index (κ3) is 6.10. The van der Waals surface area contributed by atoms with Crippen LogP contribution >= 0.6 is 23.2 Å². The van der Waals surface area contributed by atoms with Crippen LogP contribution in [0, 0.1) is 0 Å². The van der Waals surface area contributed by atoms with Gasteiger partial charge in [-0.05, 0) is 70.8 Å². The van der Waals surface area contributed by atoms with Crippen molar-refractivity contribution in [3.05, 3.63) is 129 Å². The lowest BCUT2D eigenvalue weighted by atomic mass is 9.85. The Morgan fingerprint density at radius 2 is 1.33 bits per heavy atom. The van der Waals surface area contributed by atoms with E-state index in [4.69, 9.17) is 27.9 Å². The highest BCUT2D eigenvalue weighted by atomic mass is 35.5. The second-order valence-corrected chi connectivity index (χ2v) is 9.79. The van der Waals surface area contributed by atoms with E-state index in [9.17, 15) is 13.2 Å². The van der Waals surface area contributed by atoms with Crippen molar-refractivity contribution in [2.75, 3.05) is 12.4 Å². The molecule has 0 unspecified atom stereocenters. The molecule has 4 nitrogen and oxygen atoms in total. The van der Waals surface area contributed by atoms with Gasteiger partial charge in [-0.1, -0.05) is 65.7 Å². The molecule has 1 N–H and O–H groups in total. The Balaban J connectivity index is 1.55. The summed E-state index contributed by atoms with van der Waals surface area (Å²) in [4.78, 5) is 8.98. The molecule has 5 rings (SSSR count). The summed E-state index contributed by atoms with van der Waals surface area (Å²) in [6, 6.07) is 26.5. The van der Waals surface area contributed by atoms with Gasteiger partial charge in [-0.3, -0.25) is 0 Å². The number of ether oxygens (including phenoxy) is 1. The molecule has 39 heavy (non-hydrogen) atoms. The minimum atomic E-state index is -4.39. The van der Waals surface area contributed by atoms with E-state index >= 15 is 0 Å². The van der Waals surface area contributed by atoms with Crippen LogP contribution in [0.2, 0.25) is 10.0 Å². The van der Waals surface area contributed by atoms with Gasteiger partial charge in [0, 0.05) is 27.9 Å². The molecule has 1 aromatic heterocycles. The van der Waals surface area contributed by atoms with Gasteiger partial charge in [0.15, 0.2) is 0 Å². The van der Waals surface area contributed by atoms with Gasteiger partial charge in [0.1, 0.15) is 5.82 Å². The van der Waals surface area contributed by atoms with E-state index in [2.05, 4.69) is 15.3 Å². The quantitative estimate of drug-likeness (QED) is 0.200. The molecule has 0 atom stereocenters. The smallest absolute Gasteiger partial charge is 0.416 e. The third-order valence-corrected chi connectivity index (χ3v) is 6.87. The normalized spacial score (nSPS) is 11.7. The van der Waals surface area contributed by atoms with Crippen LogP contribution in [-0.2, 0) is 12.7 Å². The number of aromatic nitrogens is 2. The largest absolute Gasteiger partial charge is 0.467 e. The number of methoxy groups -OCH3 is 1. The predicted molar refractivity (Wildman–Crippen MR) is 149 cm³/mol. The molecule has 0 aliphatic rings. The van der Waals surface area contributed by atoms with Gasteiger partial charge in [0.05, 0.1) is 18.2 Å². The number of rotatable bonds is 7. The molecule has 0 amide bonds. The molecule has 5 aromatic rings. The van der Waals surface area contributed by atoms with E-state index in [1.165, 1.54) is 19.2 Å². The van der Waals surface area contributed by atoms with Crippen molar-refractivity contribution >= 4 is 39.9 Å². The number of halogens is 5. The Bertz CT molecular complexity index is 1550. The Morgan fingerprint density at radius 1 is 0.769 bits per heavy atom. The average Bonchev–Trinajstić information content (AvgIpc) is 2.93. The number of nitrogens with zero attached hydrogens (tertiary/aromatic N) is 2. The molecule has 1 heterocycles. The van der Waals surface area contributed by atoms with E-state index in [1.54, 1.807) is 0 Å². The monoisotopic (exact) mass is 567 g/mol. The van der Waals surface area contributed by atoms with Crippen molar-refractivity contribution in [2.45, 2.75) is 18.6 Å². The first-order valence-electron chi connectivity index (χ1n) is 12.0. The van der Waals surface area contributed by atoms with Crippen molar-refractivity contribution in [2.24, 2.45) is 0 Å². The second-order valence-electron chi connectivity index (χ2n) is 8.92. The maximum Gasteiger partial charge on any atom is 0.416 e. The molecule has 4 aromatic carbocycles. The molecule has 0 aliphatic carbocycles. The molecular weight excluding hydrogens is 546 g/mol. The molecule has 0 bridgehead atoms. The fourth-order valence-electron chi connectivity index (χ4n) is 4.42. The molecule has 0 saturated heterocycles. The van der Waals surface area contributed by atoms with Gasteiger partial charge in [-0.2, -0.15) is 23.1 Å². The standard InChI is InChI=1S/C30H22Cl2F3N3O/c1-39-29-37-26-15-8-21(27(19-4-11-23(31)12-5-19)20-6-13-24(32)14-7-20)16-25(26)28(38-29)36-17-18-2-9-22(10-3-18)30(33,34)35/h2-16,27H,17H2,1H3,(H,36,37,38). The highest BCUT2D eigenvalue weighted by Crippen LogP contribution is 2.36. The van der Waals surface area contributed by atoms with Crippen LogP contribution in [0.5, 0.6) is 6.01 Å². The third-order valence-electron chi connectivity index (χ3n) is 6.36. The summed E-state index contributed by atoms with van der Waals surface area (Å²) in [5, 5.41) is 5.28. The van der Waals surface area contributed by atoms with Gasteiger partial charge < -0.3 is 10.1 Å². The number of alkyl halides is 3.